The molecule has 1 atom stereocenters. The Hall–Kier alpha value is -0.870. The maximum absolute atomic E-state index is 9.06. The summed E-state index contributed by atoms with van der Waals surface area (Å²) in [5, 5.41) is 33.8. The van der Waals surface area contributed by atoms with Crippen molar-refractivity contribution in [3.8, 4) is 0 Å². The zero-order valence-electron chi connectivity index (χ0n) is 5.45. The number of hydrogen-bond acceptors (Lipinski definition) is 4. The second-order valence-corrected chi connectivity index (χ2v) is 2.97. The van der Waals surface area contributed by atoms with Gasteiger partial charge < -0.3 is 20.4 Å². The summed E-state index contributed by atoms with van der Waals surface area (Å²) in [5.74, 6) is -1.79. The van der Waals surface area contributed by atoms with Crippen LogP contribution < -0.4 is 0 Å². The molecule has 0 radical (unpaired) electrons. The minimum absolute atomic E-state index is 0.315. The van der Waals surface area contributed by atoms with E-state index in [4.69, 9.17) is 32.0 Å². The molecule has 11 heavy (non-hydrogen) atoms. The van der Waals surface area contributed by atoms with E-state index in [0.717, 1.165) is 6.08 Å². The van der Waals surface area contributed by atoms with Crippen LogP contribution in [-0.2, 0) is 0 Å². The molecule has 0 amide bonds. The normalized spacial score (nSPS) is 32.0. The maximum atomic E-state index is 9.06. The lowest BCUT2D eigenvalue weighted by atomic mass is 10.1. The van der Waals surface area contributed by atoms with Gasteiger partial charge in [0.15, 0.2) is 16.6 Å². The molecule has 0 aromatic heterocycles. The average molecular weight is 179 g/mol. The molecule has 0 saturated carbocycles. The van der Waals surface area contributed by atoms with Crippen molar-refractivity contribution in [1.82, 2.24) is 0 Å². The molecule has 1 aliphatic carbocycles. The van der Waals surface area contributed by atoms with Crippen molar-refractivity contribution >= 4 is 11.6 Å². The van der Waals surface area contributed by atoms with Gasteiger partial charge in [-0.3, -0.25) is 0 Å². The van der Waals surface area contributed by atoms with Gasteiger partial charge in [0.25, 0.3) is 0 Å². The summed E-state index contributed by atoms with van der Waals surface area (Å²) >= 11 is 5.34. The molecule has 0 fully saturated rings. The third-order valence-corrected chi connectivity index (χ3v) is 1.53. The molecule has 0 aromatic rings. The van der Waals surface area contributed by atoms with Crippen LogP contribution in [0.3, 0.4) is 0 Å². The molecule has 1 rings (SSSR count). The van der Waals surface area contributed by atoms with Gasteiger partial charge in [0.05, 0.1) is 6.42 Å². The van der Waals surface area contributed by atoms with E-state index in [9.17, 15) is 0 Å². The highest BCUT2D eigenvalue weighted by Gasteiger charge is 2.31. The van der Waals surface area contributed by atoms with Crippen LogP contribution in [0.5, 0.6) is 0 Å². The molecular weight excluding hydrogens is 172 g/mol. The molecule has 0 bridgehead atoms. The lowest BCUT2D eigenvalue weighted by Crippen LogP contribution is -2.23. The van der Waals surface area contributed by atoms with Crippen LogP contribution in [-0.4, -0.2) is 25.5 Å². The van der Waals surface area contributed by atoms with Crippen LogP contribution in [0.2, 0.25) is 0 Å². The summed E-state index contributed by atoms with van der Waals surface area (Å²) in [6.07, 6.45) is 0.536. The Morgan fingerprint density at radius 2 is 1.91 bits per heavy atom. The van der Waals surface area contributed by atoms with Gasteiger partial charge in [-0.05, 0) is 0 Å². The van der Waals surface area contributed by atoms with Gasteiger partial charge in [0.1, 0.15) is 5.76 Å². The fraction of sp³-hybridized carbons (Fsp3) is 0.333. The predicted octanol–water partition coefficient (Wildman–Crippen LogP) is 1.09. The Balaban J connectivity index is 3.01. The van der Waals surface area contributed by atoms with Gasteiger partial charge in [0.2, 0.25) is 0 Å². The summed E-state index contributed by atoms with van der Waals surface area (Å²) in [6.45, 7) is 0. The van der Waals surface area contributed by atoms with Crippen LogP contribution in [0.1, 0.15) is 6.42 Å². The van der Waals surface area contributed by atoms with E-state index in [1.807, 2.05) is 0 Å². The zero-order valence-corrected chi connectivity index (χ0v) is 6.21. The van der Waals surface area contributed by atoms with E-state index < -0.39 is 22.3 Å². The molecule has 4 nitrogen and oxygen atoms in total. The SMILES string of the molecule is OC1=CC(O)(Cl)CC(O)=C1O. The van der Waals surface area contributed by atoms with E-state index >= 15 is 0 Å². The Labute approximate surface area is 67.7 Å². The second kappa shape index (κ2) is 2.32. The van der Waals surface area contributed by atoms with Crippen molar-refractivity contribution in [2.75, 3.05) is 0 Å². The highest BCUT2D eigenvalue weighted by atomic mass is 35.5. The standard InChI is InChI=1S/C6H7ClO4/c7-6(11)1-3(8)5(10)4(9)2-6/h1,8-11H,2H2. The first-order chi connectivity index (χ1) is 4.92. The fourth-order valence-electron chi connectivity index (χ4n) is 0.795. The zero-order chi connectivity index (χ0) is 8.65. The molecule has 1 aliphatic rings. The summed E-state index contributed by atoms with van der Waals surface area (Å²) in [6, 6.07) is 0. The van der Waals surface area contributed by atoms with Crippen molar-refractivity contribution < 1.29 is 20.4 Å². The Morgan fingerprint density at radius 3 is 2.36 bits per heavy atom. The monoisotopic (exact) mass is 178 g/mol. The highest BCUT2D eigenvalue weighted by Crippen LogP contribution is 2.30. The minimum atomic E-state index is -1.81. The van der Waals surface area contributed by atoms with E-state index in [1.54, 1.807) is 0 Å². The molecule has 0 aliphatic heterocycles. The van der Waals surface area contributed by atoms with Gasteiger partial charge >= 0.3 is 0 Å². The number of aliphatic hydroxyl groups excluding tert-OH is 3. The summed E-state index contributed by atoms with van der Waals surface area (Å²) < 4.78 is 0. The topological polar surface area (TPSA) is 80.9 Å². The number of alkyl halides is 1. The lowest BCUT2D eigenvalue weighted by Gasteiger charge is -2.20. The number of aliphatic hydroxyl groups is 4. The Bertz CT molecular complexity index is 241. The second-order valence-electron chi connectivity index (χ2n) is 2.32. The van der Waals surface area contributed by atoms with Gasteiger partial charge in [-0.2, -0.15) is 0 Å². The van der Waals surface area contributed by atoms with Gasteiger partial charge in [-0.1, -0.05) is 11.6 Å². The van der Waals surface area contributed by atoms with Crippen LogP contribution in [0.4, 0.5) is 0 Å². The molecular formula is C6H7ClO4. The van der Waals surface area contributed by atoms with E-state index in [1.165, 1.54) is 0 Å². The third-order valence-electron chi connectivity index (χ3n) is 1.29. The Kier molecular flexibility index (Phi) is 1.74. The number of halogens is 1. The average Bonchev–Trinajstić information content (AvgIpc) is 1.81. The molecule has 0 spiro atoms. The smallest absolute Gasteiger partial charge is 0.195 e. The Morgan fingerprint density at radius 1 is 1.36 bits per heavy atom. The molecule has 0 aromatic carbocycles. The van der Waals surface area contributed by atoms with Crippen molar-refractivity contribution in [3.05, 3.63) is 23.4 Å². The molecule has 5 heteroatoms. The maximum Gasteiger partial charge on any atom is 0.195 e. The van der Waals surface area contributed by atoms with Crippen LogP contribution in [0.25, 0.3) is 0 Å². The number of hydrogen-bond donors (Lipinski definition) is 4. The predicted molar refractivity (Wildman–Crippen MR) is 38.4 cm³/mol. The fourth-order valence-corrected chi connectivity index (χ4v) is 1.03. The van der Waals surface area contributed by atoms with Gasteiger partial charge in [0, 0.05) is 6.08 Å². The van der Waals surface area contributed by atoms with Crippen LogP contribution in [0.15, 0.2) is 23.4 Å². The van der Waals surface area contributed by atoms with Crippen molar-refractivity contribution in [1.29, 1.82) is 0 Å². The van der Waals surface area contributed by atoms with Crippen molar-refractivity contribution in [3.63, 3.8) is 0 Å². The lowest BCUT2D eigenvalue weighted by molar-refractivity contribution is 0.138. The quantitative estimate of drug-likeness (QED) is 0.419. The highest BCUT2D eigenvalue weighted by molar-refractivity contribution is 6.24. The first-order valence-electron chi connectivity index (χ1n) is 2.87. The van der Waals surface area contributed by atoms with Crippen LogP contribution in [0, 0.1) is 0 Å². The summed E-state index contributed by atoms with van der Waals surface area (Å²) in [7, 11) is 0. The third kappa shape index (κ3) is 1.58. The largest absolute Gasteiger partial charge is 0.508 e. The van der Waals surface area contributed by atoms with Gasteiger partial charge in [-0.15, -0.1) is 0 Å². The van der Waals surface area contributed by atoms with Crippen LogP contribution >= 0.6 is 11.6 Å². The van der Waals surface area contributed by atoms with E-state index in [2.05, 4.69) is 0 Å². The van der Waals surface area contributed by atoms with Crippen molar-refractivity contribution in [2.45, 2.75) is 11.5 Å². The first-order valence-corrected chi connectivity index (χ1v) is 3.25. The van der Waals surface area contributed by atoms with Gasteiger partial charge in [-0.25, -0.2) is 0 Å². The molecule has 0 heterocycles. The molecule has 4 N–H and O–H groups in total. The summed E-state index contributed by atoms with van der Waals surface area (Å²) in [4.78, 5) is 0. The number of rotatable bonds is 0. The molecule has 0 saturated heterocycles. The van der Waals surface area contributed by atoms with E-state index in [-0.39, 0.29) is 6.42 Å². The van der Waals surface area contributed by atoms with Crippen molar-refractivity contribution in [2.24, 2.45) is 0 Å². The summed E-state index contributed by atoms with van der Waals surface area (Å²) in [5.41, 5.74) is 0. The molecule has 62 valence electrons. The minimum Gasteiger partial charge on any atom is -0.508 e. The molecule has 1 unspecified atom stereocenters. The first kappa shape index (κ1) is 8.23. The van der Waals surface area contributed by atoms with E-state index in [0.29, 0.717) is 0 Å².